The zero-order valence-corrected chi connectivity index (χ0v) is 11.5. The van der Waals surface area contributed by atoms with Gasteiger partial charge in [-0.3, -0.25) is 0 Å². The first kappa shape index (κ1) is 12.4. The fourth-order valence-corrected chi connectivity index (χ4v) is 2.20. The summed E-state index contributed by atoms with van der Waals surface area (Å²) >= 11 is 0. The summed E-state index contributed by atoms with van der Waals surface area (Å²) in [5, 5.41) is 4.57. The van der Waals surface area contributed by atoms with Gasteiger partial charge < -0.3 is 5.73 Å². The molecule has 1 aromatic carbocycles. The van der Waals surface area contributed by atoms with Crippen LogP contribution >= 0.6 is 0 Å². The largest absolute Gasteiger partial charge is 0.384 e. The van der Waals surface area contributed by atoms with Gasteiger partial charge in [0.15, 0.2) is 0 Å². The molecule has 4 heteroatoms. The van der Waals surface area contributed by atoms with Crippen molar-refractivity contribution in [2.45, 2.75) is 13.8 Å². The third kappa shape index (κ3) is 2.28. The van der Waals surface area contributed by atoms with Crippen molar-refractivity contribution in [3.05, 3.63) is 59.9 Å². The normalized spacial score (nSPS) is 10.7. The molecule has 2 N–H and O–H groups in total. The van der Waals surface area contributed by atoms with E-state index in [4.69, 9.17) is 5.73 Å². The molecule has 2 aromatic heterocycles. The van der Waals surface area contributed by atoms with E-state index in [1.807, 2.05) is 23.7 Å². The SMILES string of the molecule is Cc1ccc(-n2nc(C)cc2-c2ccnc(N)c2)cc1. The number of pyridine rings is 1. The molecule has 3 rings (SSSR count). The predicted molar refractivity (Wildman–Crippen MR) is 80.7 cm³/mol. The first-order valence-corrected chi connectivity index (χ1v) is 6.49. The number of rotatable bonds is 2. The van der Waals surface area contributed by atoms with Crippen molar-refractivity contribution < 1.29 is 0 Å². The number of aromatic nitrogens is 3. The zero-order valence-electron chi connectivity index (χ0n) is 11.5. The number of anilines is 1. The summed E-state index contributed by atoms with van der Waals surface area (Å²) in [5.74, 6) is 0.511. The lowest BCUT2D eigenvalue weighted by atomic mass is 10.1. The number of aryl methyl sites for hydroxylation is 2. The molecule has 0 unspecified atom stereocenters. The Morgan fingerprint density at radius 2 is 1.75 bits per heavy atom. The van der Waals surface area contributed by atoms with Crippen molar-refractivity contribution in [2.75, 3.05) is 5.73 Å². The number of nitrogen functional groups attached to an aromatic ring is 1. The highest BCUT2D eigenvalue weighted by molar-refractivity contribution is 5.65. The standard InChI is InChI=1S/C16H16N4/c1-11-3-5-14(6-4-11)20-15(9-12(2)19-20)13-7-8-18-16(17)10-13/h3-10H,1-2H3,(H2,17,18). The van der Waals surface area contributed by atoms with Gasteiger partial charge in [0.25, 0.3) is 0 Å². The maximum Gasteiger partial charge on any atom is 0.123 e. The molecular weight excluding hydrogens is 248 g/mol. The molecule has 0 amide bonds. The highest BCUT2D eigenvalue weighted by atomic mass is 15.3. The molecule has 0 saturated heterocycles. The van der Waals surface area contributed by atoms with Crippen molar-refractivity contribution >= 4 is 5.82 Å². The molecule has 0 aliphatic carbocycles. The summed E-state index contributed by atoms with van der Waals surface area (Å²) in [6.45, 7) is 4.06. The van der Waals surface area contributed by atoms with Crippen molar-refractivity contribution in [1.82, 2.24) is 14.8 Å². The van der Waals surface area contributed by atoms with Crippen molar-refractivity contribution in [3.8, 4) is 16.9 Å². The Labute approximate surface area is 117 Å². The lowest BCUT2D eigenvalue weighted by molar-refractivity contribution is 0.868. The van der Waals surface area contributed by atoms with Crippen LogP contribution in [-0.2, 0) is 0 Å². The van der Waals surface area contributed by atoms with Crippen LogP contribution in [0.5, 0.6) is 0 Å². The van der Waals surface area contributed by atoms with Gasteiger partial charge in [-0.1, -0.05) is 17.7 Å². The minimum atomic E-state index is 0.511. The molecule has 0 radical (unpaired) electrons. The van der Waals surface area contributed by atoms with E-state index in [1.54, 1.807) is 6.20 Å². The molecule has 0 aliphatic rings. The van der Waals surface area contributed by atoms with Crippen LogP contribution in [-0.4, -0.2) is 14.8 Å². The van der Waals surface area contributed by atoms with Crippen LogP contribution in [0.15, 0.2) is 48.7 Å². The van der Waals surface area contributed by atoms with Gasteiger partial charge in [0.2, 0.25) is 0 Å². The van der Waals surface area contributed by atoms with E-state index >= 15 is 0 Å². The Morgan fingerprint density at radius 1 is 1.00 bits per heavy atom. The maximum atomic E-state index is 5.77. The summed E-state index contributed by atoms with van der Waals surface area (Å²) in [6.07, 6.45) is 1.71. The maximum absolute atomic E-state index is 5.77. The van der Waals surface area contributed by atoms with Crippen LogP contribution in [0.1, 0.15) is 11.3 Å². The zero-order chi connectivity index (χ0) is 14.1. The van der Waals surface area contributed by atoms with Gasteiger partial charge >= 0.3 is 0 Å². The molecular formula is C16H16N4. The highest BCUT2D eigenvalue weighted by Crippen LogP contribution is 2.24. The van der Waals surface area contributed by atoms with Crippen molar-refractivity contribution in [1.29, 1.82) is 0 Å². The van der Waals surface area contributed by atoms with Crippen LogP contribution in [0.4, 0.5) is 5.82 Å². The minimum Gasteiger partial charge on any atom is -0.384 e. The number of benzene rings is 1. The Morgan fingerprint density at radius 3 is 2.45 bits per heavy atom. The van der Waals surface area contributed by atoms with Gasteiger partial charge in [0, 0.05) is 11.8 Å². The molecule has 3 aromatic rings. The Bertz CT molecular complexity index is 741. The number of nitrogens with two attached hydrogens (primary N) is 1. The Kier molecular flexibility index (Phi) is 2.99. The molecule has 0 spiro atoms. The third-order valence-electron chi connectivity index (χ3n) is 3.19. The van der Waals surface area contributed by atoms with Gasteiger partial charge in [-0.15, -0.1) is 0 Å². The molecule has 0 fully saturated rings. The van der Waals surface area contributed by atoms with Crippen molar-refractivity contribution in [3.63, 3.8) is 0 Å². The van der Waals surface area contributed by atoms with E-state index in [0.29, 0.717) is 5.82 Å². The molecule has 2 heterocycles. The summed E-state index contributed by atoms with van der Waals surface area (Å²) in [4.78, 5) is 4.03. The molecule has 0 saturated carbocycles. The van der Waals surface area contributed by atoms with Crippen LogP contribution in [0, 0.1) is 13.8 Å². The molecule has 0 atom stereocenters. The average Bonchev–Trinajstić information content (AvgIpc) is 2.82. The van der Waals surface area contributed by atoms with E-state index in [0.717, 1.165) is 22.6 Å². The second-order valence-electron chi connectivity index (χ2n) is 4.89. The van der Waals surface area contributed by atoms with Crippen LogP contribution in [0.2, 0.25) is 0 Å². The summed E-state index contributed by atoms with van der Waals surface area (Å²) in [7, 11) is 0. The smallest absolute Gasteiger partial charge is 0.123 e. The summed E-state index contributed by atoms with van der Waals surface area (Å²) in [5.41, 5.74) is 11.0. The van der Waals surface area contributed by atoms with E-state index < -0.39 is 0 Å². The first-order valence-electron chi connectivity index (χ1n) is 6.49. The van der Waals surface area contributed by atoms with Crippen LogP contribution in [0.3, 0.4) is 0 Å². The van der Waals surface area contributed by atoms with E-state index in [2.05, 4.69) is 47.3 Å². The first-order chi connectivity index (χ1) is 9.63. The number of nitrogens with zero attached hydrogens (tertiary/aromatic N) is 3. The van der Waals surface area contributed by atoms with Gasteiger partial charge in [0.1, 0.15) is 5.82 Å². The second-order valence-corrected chi connectivity index (χ2v) is 4.89. The van der Waals surface area contributed by atoms with Crippen LogP contribution in [0.25, 0.3) is 16.9 Å². The fraction of sp³-hybridized carbons (Fsp3) is 0.125. The number of hydrogen-bond acceptors (Lipinski definition) is 3. The minimum absolute atomic E-state index is 0.511. The van der Waals surface area contributed by atoms with Gasteiger partial charge in [-0.2, -0.15) is 5.10 Å². The molecule has 0 aliphatic heterocycles. The van der Waals surface area contributed by atoms with E-state index in [9.17, 15) is 0 Å². The monoisotopic (exact) mass is 264 g/mol. The quantitative estimate of drug-likeness (QED) is 0.773. The van der Waals surface area contributed by atoms with Crippen molar-refractivity contribution in [2.24, 2.45) is 0 Å². The fourth-order valence-electron chi connectivity index (χ4n) is 2.20. The molecule has 20 heavy (non-hydrogen) atoms. The lowest BCUT2D eigenvalue weighted by Gasteiger charge is -2.08. The average molecular weight is 264 g/mol. The van der Waals surface area contributed by atoms with Gasteiger partial charge in [0.05, 0.1) is 17.1 Å². The summed E-state index contributed by atoms with van der Waals surface area (Å²) in [6, 6.07) is 14.1. The third-order valence-corrected chi connectivity index (χ3v) is 3.19. The van der Waals surface area contributed by atoms with Gasteiger partial charge in [-0.25, -0.2) is 9.67 Å². The Balaban J connectivity index is 2.15. The summed E-state index contributed by atoms with van der Waals surface area (Å²) < 4.78 is 1.93. The second kappa shape index (κ2) is 4.81. The Hall–Kier alpha value is -2.62. The molecule has 4 nitrogen and oxygen atoms in total. The topological polar surface area (TPSA) is 56.7 Å². The molecule has 100 valence electrons. The lowest BCUT2D eigenvalue weighted by Crippen LogP contribution is -2.00. The predicted octanol–water partition coefficient (Wildman–Crippen LogP) is 3.13. The van der Waals surface area contributed by atoms with E-state index in [-0.39, 0.29) is 0 Å². The number of hydrogen-bond donors (Lipinski definition) is 1. The molecule has 0 bridgehead atoms. The highest BCUT2D eigenvalue weighted by Gasteiger charge is 2.10. The van der Waals surface area contributed by atoms with Crippen LogP contribution < -0.4 is 5.73 Å². The van der Waals surface area contributed by atoms with E-state index in [1.165, 1.54) is 5.56 Å². The van der Waals surface area contributed by atoms with Gasteiger partial charge in [-0.05, 0) is 44.2 Å².